The highest BCUT2D eigenvalue weighted by molar-refractivity contribution is 5.85. The molecule has 2 unspecified atom stereocenters. The zero-order valence-corrected chi connectivity index (χ0v) is 8.14. The molecule has 0 aromatic carbocycles. The maximum absolute atomic E-state index is 10.4. The number of hydrogen-bond donors (Lipinski definition) is 2. The van der Waals surface area contributed by atoms with E-state index in [1.807, 2.05) is 0 Å². The molecule has 0 aliphatic carbocycles. The van der Waals surface area contributed by atoms with Crippen molar-refractivity contribution in [2.75, 3.05) is 6.61 Å². The number of carboxylic acids is 2. The first kappa shape index (κ1) is 15.0. The van der Waals surface area contributed by atoms with Crippen LogP contribution in [0.25, 0.3) is 0 Å². The van der Waals surface area contributed by atoms with E-state index in [2.05, 4.69) is 0 Å². The van der Waals surface area contributed by atoms with Gasteiger partial charge in [0, 0.05) is 6.61 Å². The second-order valence-electron chi connectivity index (χ2n) is 2.36. The van der Waals surface area contributed by atoms with Crippen LogP contribution in [0.4, 0.5) is 0 Å². The van der Waals surface area contributed by atoms with E-state index in [9.17, 15) is 9.59 Å². The van der Waals surface area contributed by atoms with E-state index in [1.54, 1.807) is 0 Å². The Bertz CT molecular complexity index is 175. The Morgan fingerprint density at radius 3 is 2.00 bits per heavy atom. The molecule has 0 saturated carbocycles. The maximum atomic E-state index is 10.4. The fraction of sp³-hybridized carbons (Fsp3) is 0.667. The van der Waals surface area contributed by atoms with E-state index in [0.717, 1.165) is 0 Å². The number of carbonyl (C=O) groups is 2. The number of halogens is 2. The Morgan fingerprint density at radius 2 is 1.69 bits per heavy atom. The molecule has 1 saturated heterocycles. The molecule has 1 rings (SSSR count). The third-order valence-electron chi connectivity index (χ3n) is 1.65. The van der Waals surface area contributed by atoms with Crippen molar-refractivity contribution < 1.29 is 24.5 Å². The van der Waals surface area contributed by atoms with Crippen LogP contribution in [0.3, 0.4) is 0 Å². The van der Waals surface area contributed by atoms with Gasteiger partial charge in [0.2, 0.25) is 0 Å². The van der Waals surface area contributed by atoms with Crippen molar-refractivity contribution in [1.82, 2.24) is 0 Å². The molecule has 0 aromatic heterocycles. The van der Waals surface area contributed by atoms with Crippen LogP contribution in [0.2, 0.25) is 0 Å². The second kappa shape index (κ2) is 6.01. The van der Waals surface area contributed by atoms with Crippen LogP contribution in [0.5, 0.6) is 0 Å². The molecule has 1 aliphatic heterocycles. The van der Waals surface area contributed by atoms with E-state index in [-0.39, 0.29) is 37.8 Å². The summed E-state index contributed by atoms with van der Waals surface area (Å²) >= 11 is 0. The van der Waals surface area contributed by atoms with E-state index in [4.69, 9.17) is 14.9 Å². The zero-order valence-electron chi connectivity index (χ0n) is 6.50. The number of hydrogen-bond acceptors (Lipinski definition) is 3. The van der Waals surface area contributed by atoms with Gasteiger partial charge in [0.25, 0.3) is 0 Å². The minimum atomic E-state index is -1.20. The predicted molar refractivity (Wildman–Crippen MR) is 47.6 cm³/mol. The van der Waals surface area contributed by atoms with Gasteiger partial charge in [-0.2, -0.15) is 0 Å². The van der Waals surface area contributed by atoms with Gasteiger partial charge in [0.05, 0.1) is 5.92 Å². The fourth-order valence-electron chi connectivity index (χ4n) is 1.09. The van der Waals surface area contributed by atoms with Crippen molar-refractivity contribution >= 4 is 36.8 Å². The van der Waals surface area contributed by atoms with Gasteiger partial charge in [-0.05, 0) is 6.42 Å². The minimum absolute atomic E-state index is 0. The lowest BCUT2D eigenvalue weighted by Crippen LogP contribution is -2.31. The first-order valence-electron chi connectivity index (χ1n) is 3.20. The lowest BCUT2D eigenvalue weighted by Gasteiger charge is -2.08. The van der Waals surface area contributed by atoms with Gasteiger partial charge >= 0.3 is 11.9 Å². The van der Waals surface area contributed by atoms with E-state index in [1.165, 1.54) is 0 Å². The zero-order chi connectivity index (χ0) is 8.43. The van der Waals surface area contributed by atoms with Crippen molar-refractivity contribution in [3.05, 3.63) is 0 Å². The third kappa shape index (κ3) is 3.38. The summed E-state index contributed by atoms with van der Waals surface area (Å²) in [6, 6.07) is 0. The van der Waals surface area contributed by atoms with E-state index < -0.39 is 24.0 Å². The SMILES string of the molecule is Cl.Cl.O=C(O)C1CCOC1C(=O)O. The smallest absolute Gasteiger partial charge is 0.333 e. The molecule has 0 bridgehead atoms. The van der Waals surface area contributed by atoms with Gasteiger partial charge in [-0.1, -0.05) is 0 Å². The maximum Gasteiger partial charge on any atom is 0.333 e. The van der Waals surface area contributed by atoms with Crippen molar-refractivity contribution in [3.63, 3.8) is 0 Å². The molecule has 1 fully saturated rings. The molecule has 2 atom stereocenters. The molecule has 0 aromatic rings. The standard InChI is InChI=1S/C6H8O5.2ClH/c7-5(8)3-1-2-11-4(3)6(9)10;;/h3-4H,1-2H2,(H,7,8)(H,9,10);2*1H. The van der Waals surface area contributed by atoms with Crippen LogP contribution < -0.4 is 0 Å². The number of aliphatic carboxylic acids is 2. The van der Waals surface area contributed by atoms with Crippen LogP contribution in [-0.4, -0.2) is 34.9 Å². The predicted octanol–water partition coefficient (Wildman–Crippen LogP) is 0.404. The van der Waals surface area contributed by atoms with E-state index >= 15 is 0 Å². The van der Waals surface area contributed by atoms with Gasteiger partial charge in [0.1, 0.15) is 0 Å². The lowest BCUT2D eigenvalue weighted by atomic mass is 10.0. The molecular weight excluding hydrogens is 223 g/mol. The number of rotatable bonds is 2. The third-order valence-corrected chi connectivity index (χ3v) is 1.65. The Labute approximate surface area is 86.9 Å². The van der Waals surface area contributed by atoms with E-state index in [0.29, 0.717) is 0 Å². The first-order valence-corrected chi connectivity index (χ1v) is 3.20. The molecule has 1 aliphatic rings. The molecule has 5 nitrogen and oxygen atoms in total. The number of carboxylic acid groups (broad SMARTS) is 2. The summed E-state index contributed by atoms with van der Waals surface area (Å²) in [5, 5.41) is 16.9. The summed E-state index contributed by atoms with van der Waals surface area (Å²) < 4.78 is 4.71. The molecule has 0 spiro atoms. The van der Waals surface area contributed by atoms with Crippen LogP contribution in [0.15, 0.2) is 0 Å². The highest BCUT2D eigenvalue weighted by atomic mass is 35.5. The molecule has 7 heteroatoms. The molecule has 2 N–H and O–H groups in total. The first-order chi connectivity index (χ1) is 5.13. The van der Waals surface area contributed by atoms with Gasteiger partial charge < -0.3 is 14.9 Å². The van der Waals surface area contributed by atoms with Gasteiger partial charge in [-0.25, -0.2) is 4.79 Å². The van der Waals surface area contributed by atoms with Gasteiger partial charge in [-0.3, -0.25) is 4.79 Å². The molecule has 0 radical (unpaired) electrons. The monoisotopic (exact) mass is 232 g/mol. The highest BCUT2D eigenvalue weighted by Gasteiger charge is 2.38. The van der Waals surface area contributed by atoms with Crippen molar-refractivity contribution in [1.29, 1.82) is 0 Å². The average molecular weight is 233 g/mol. The Hall–Kier alpha value is -0.520. The van der Waals surface area contributed by atoms with Crippen molar-refractivity contribution in [2.45, 2.75) is 12.5 Å². The van der Waals surface area contributed by atoms with Gasteiger partial charge in [-0.15, -0.1) is 24.8 Å². The highest BCUT2D eigenvalue weighted by Crippen LogP contribution is 2.20. The van der Waals surface area contributed by atoms with Crippen LogP contribution >= 0.6 is 24.8 Å². The Balaban J connectivity index is 0. The topological polar surface area (TPSA) is 83.8 Å². The molecule has 13 heavy (non-hydrogen) atoms. The summed E-state index contributed by atoms with van der Waals surface area (Å²) in [5.41, 5.74) is 0. The van der Waals surface area contributed by atoms with Crippen molar-refractivity contribution in [3.8, 4) is 0 Å². The Morgan fingerprint density at radius 1 is 1.15 bits per heavy atom. The summed E-state index contributed by atoms with van der Waals surface area (Å²) in [6.45, 7) is 0.216. The molecule has 0 amide bonds. The molecule has 1 heterocycles. The minimum Gasteiger partial charge on any atom is -0.481 e. The van der Waals surface area contributed by atoms with Crippen molar-refractivity contribution in [2.24, 2.45) is 5.92 Å². The van der Waals surface area contributed by atoms with Crippen LogP contribution in [0, 0.1) is 5.92 Å². The van der Waals surface area contributed by atoms with Gasteiger partial charge in [0.15, 0.2) is 6.10 Å². The summed E-state index contributed by atoms with van der Waals surface area (Å²) in [6.07, 6.45) is -0.876. The molecular formula is C6H10Cl2O5. The largest absolute Gasteiger partial charge is 0.481 e. The quantitative estimate of drug-likeness (QED) is 0.721. The fourth-order valence-corrected chi connectivity index (χ4v) is 1.09. The summed E-state index contributed by atoms with van der Waals surface area (Å²) in [7, 11) is 0. The summed E-state index contributed by atoms with van der Waals surface area (Å²) in [5.74, 6) is -3.18. The normalized spacial score (nSPS) is 25.5. The second-order valence-corrected chi connectivity index (χ2v) is 2.36. The number of ether oxygens (including phenoxy) is 1. The lowest BCUT2D eigenvalue weighted by molar-refractivity contribution is -0.156. The Kier molecular flexibility index (Phi) is 6.93. The van der Waals surface area contributed by atoms with Crippen LogP contribution in [-0.2, 0) is 14.3 Å². The summed E-state index contributed by atoms with van der Waals surface area (Å²) in [4.78, 5) is 20.7. The molecule has 78 valence electrons. The average Bonchev–Trinajstić information content (AvgIpc) is 2.32. The van der Waals surface area contributed by atoms with Crippen LogP contribution in [0.1, 0.15) is 6.42 Å².